The predicted octanol–water partition coefficient (Wildman–Crippen LogP) is 2.68. The van der Waals surface area contributed by atoms with Crippen LogP contribution >= 0.6 is 0 Å². The zero-order valence-electron chi connectivity index (χ0n) is 15.3. The van der Waals surface area contributed by atoms with Crippen molar-refractivity contribution in [3.05, 3.63) is 64.2 Å². The Morgan fingerprint density at radius 1 is 1.21 bits per heavy atom. The van der Waals surface area contributed by atoms with E-state index in [-0.39, 0.29) is 18.0 Å². The Labute approximate surface area is 164 Å². The molecule has 10 heteroatoms. The summed E-state index contributed by atoms with van der Waals surface area (Å²) in [4.78, 5) is 39.1. The molecule has 3 aromatic rings. The van der Waals surface area contributed by atoms with E-state index in [2.05, 4.69) is 20.7 Å². The van der Waals surface area contributed by atoms with Crippen LogP contribution in [-0.2, 0) is 9.59 Å². The monoisotopic (exact) mass is 392 g/mol. The highest BCUT2D eigenvalue weighted by atomic mass is 16.6. The number of nitro benzene ring substituents is 1. The summed E-state index contributed by atoms with van der Waals surface area (Å²) in [6, 6.07) is 12.3. The minimum atomic E-state index is -0.824. The summed E-state index contributed by atoms with van der Waals surface area (Å²) in [7, 11) is 0. The van der Waals surface area contributed by atoms with Gasteiger partial charge in [0.25, 0.3) is 11.6 Å². The molecule has 0 spiro atoms. The number of amides is 2. The second-order valence-electron chi connectivity index (χ2n) is 6.63. The summed E-state index contributed by atoms with van der Waals surface area (Å²) in [5.74, 6) is -0.0342. The van der Waals surface area contributed by atoms with Gasteiger partial charge in [0.15, 0.2) is 5.82 Å². The Kier molecular flexibility index (Phi) is 4.51. The van der Waals surface area contributed by atoms with Gasteiger partial charge in [-0.2, -0.15) is 4.98 Å². The SMILES string of the molecule is Cc1ccc(-c2nc3n(n2)[C@H](CC(=O)Nc2ccc([N+](=O)[O-])cc2)C(=O)N3)cc1. The number of hydrogen-bond donors (Lipinski definition) is 2. The Bertz CT molecular complexity index is 1100. The van der Waals surface area contributed by atoms with E-state index in [0.717, 1.165) is 11.1 Å². The summed E-state index contributed by atoms with van der Waals surface area (Å²) in [5.41, 5.74) is 2.24. The molecule has 2 aromatic carbocycles. The summed E-state index contributed by atoms with van der Waals surface area (Å²) >= 11 is 0. The number of hydrogen-bond acceptors (Lipinski definition) is 6. The van der Waals surface area contributed by atoms with Crippen molar-refractivity contribution in [2.75, 3.05) is 10.6 Å². The minimum absolute atomic E-state index is 0.0749. The molecule has 2 heterocycles. The lowest BCUT2D eigenvalue weighted by molar-refractivity contribution is -0.384. The average Bonchev–Trinajstić information content (AvgIpc) is 3.21. The number of aryl methyl sites for hydroxylation is 1. The van der Waals surface area contributed by atoms with Gasteiger partial charge in [-0.25, -0.2) is 4.68 Å². The van der Waals surface area contributed by atoms with Crippen LogP contribution in [-0.4, -0.2) is 31.5 Å². The summed E-state index contributed by atoms with van der Waals surface area (Å²) in [6.45, 7) is 1.98. The van der Waals surface area contributed by atoms with Crippen LogP contribution < -0.4 is 10.6 Å². The van der Waals surface area contributed by atoms with E-state index in [0.29, 0.717) is 17.5 Å². The number of nitrogens with zero attached hydrogens (tertiary/aromatic N) is 4. The lowest BCUT2D eigenvalue weighted by Gasteiger charge is -2.09. The first-order chi connectivity index (χ1) is 13.9. The molecule has 1 aliphatic heterocycles. The van der Waals surface area contributed by atoms with E-state index in [4.69, 9.17) is 0 Å². The van der Waals surface area contributed by atoms with E-state index in [1.807, 2.05) is 31.2 Å². The van der Waals surface area contributed by atoms with Gasteiger partial charge in [-0.05, 0) is 19.1 Å². The molecule has 1 aliphatic rings. The highest BCUT2D eigenvalue weighted by Gasteiger charge is 2.35. The van der Waals surface area contributed by atoms with Gasteiger partial charge in [0.1, 0.15) is 6.04 Å². The average molecular weight is 392 g/mol. The Morgan fingerprint density at radius 2 is 1.90 bits per heavy atom. The second-order valence-corrected chi connectivity index (χ2v) is 6.63. The van der Waals surface area contributed by atoms with E-state index in [1.165, 1.54) is 28.9 Å². The molecule has 4 rings (SSSR count). The first-order valence-electron chi connectivity index (χ1n) is 8.79. The lowest BCUT2D eigenvalue weighted by Crippen LogP contribution is -2.23. The molecule has 0 aliphatic carbocycles. The molecule has 29 heavy (non-hydrogen) atoms. The predicted molar refractivity (Wildman–Crippen MR) is 104 cm³/mol. The summed E-state index contributed by atoms with van der Waals surface area (Å²) in [6.07, 6.45) is -0.146. The number of benzene rings is 2. The second kappa shape index (κ2) is 7.15. The van der Waals surface area contributed by atoms with Gasteiger partial charge in [-0.3, -0.25) is 25.0 Å². The number of anilines is 2. The molecule has 0 fully saturated rings. The van der Waals surface area contributed by atoms with Gasteiger partial charge in [0.2, 0.25) is 11.9 Å². The van der Waals surface area contributed by atoms with Crippen LogP contribution in [0.15, 0.2) is 48.5 Å². The van der Waals surface area contributed by atoms with Crippen molar-refractivity contribution in [2.45, 2.75) is 19.4 Å². The van der Waals surface area contributed by atoms with Crippen molar-refractivity contribution in [3.63, 3.8) is 0 Å². The smallest absolute Gasteiger partial charge is 0.269 e. The highest BCUT2D eigenvalue weighted by Crippen LogP contribution is 2.28. The maximum Gasteiger partial charge on any atom is 0.269 e. The number of carbonyl (C=O) groups excluding carboxylic acids is 2. The van der Waals surface area contributed by atoms with Crippen LogP contribution in [0.3, 0.4) is 0 Å². The van der Waals surface area contributed by atoms with Crippen molar-refractivity contribution in [3.8, 4) is 11.4 Å². The zero-order valence-corrected chi connectivity index (χ0v) is 15.3. The van der Waals surface area contributed by atoms with Crippen LogP contribution in [0.25, 0.3) is 11.4 Å². The van der Waals surface area contributed by atoms with Crippen LogP contribution in [0.4, 0.5) is 17.3 Å². The molecule has 2 amide bonds. The molecule has 0 saturated carbocycles. The van der Waals surface area contributed by atoms with Crippen LogP contribution in [0.2, 0.25) is 0 Å². The maximum atomic E-state index is 12.4. The van der Waals surface area contributed by atoms with Gasteiger partial charge in [0, 0.05) is 23.4 Å². The number of nitrogens with one attached hydrogen (secondary N) is 2. The fourth-order valence-corrected chi connectivity index (χ4v) is 2.99. The fraction of sp³-hybridized carbons (Fsp3) is 0.158. The van der Waals surface area contributed by atoms with Crippen molar-refractivity contribution in [1.29, 1.82) is 0 Å². The van der Waals surface area contributed by atoms with Crippen LogP contribution in [0.5, 0.6) is 0 Å². The first-order valence-corrected chi connectivity index (χ1v) is 8.79. The first kappa shape index (κ1) is 18.3. The van der Waals surface area contributed by atoms with Gasteiger partial charge < -0.3 is 5.32 Å². The molecule has 1 aromatic heterocycles. The van der Waals surface area contributed by atoms with E-state index in [9.17, 15) is 19.7 Å². The standard InChI is InChI=1S/C19H16N6O4/c1-11-2-4-12(5-3-11)17-21-19-22-18(27)15(24(19)23-17)10-16(26)20-13-6-8-14(9-7-13)25(28)29/h2-9,15H,10H2,1H3,(H,20,26)(H,21,22,23,27)/t15-/m1/s1. The number of fused-ring (bicyclic) bond motifs is 1. The number of aromatic nitrogens is 3. The molecule has 0 bridgehead atoms. The number of nitro groups is 1. The van der Waals surface area contributed by atoms with Crippen molar-refractivity contribution < 1.29 is 14.5 Å². The Balaban J connectivity index is 1.48. The quantitative estimate of drug-likeness (QED) is 0.507. The van der Waals surface area contributed by atoms with Crippen LogP contribution in [0, 0.1) is 17.0 Å². The van der Waals surface area contributed by atoms with E-state index in [1.54, 1.807) is 0 Å². The number of non-ortho nitro benzene ring substituents is 1. The Morgan fingerprint density at radius 3 is 2.55 bits per heavy atom. The molecule has 2 N–H and O–H groups in total. The van der Waals surface area contributed by atoms with Crippen molar-refractivity contribution in [2.24, 2.45) is 0 Å². The molecule has 0 saturated heterocycles. The molecule has 0 unspecified atom stereocenters. The molecular formula is C19H16N6O4. The third-order valence-electron chi connectivity index (χ3n) is 4.51. The van der Waals surface area contributed by atoms with Crippen molar-refractivity contribution in [1.82, 2.24) is 14.8 Å². The van der Waals surface area contributed by atoms with E-state index >= 15 is 0 Å². The molecule has 10 nitrogen and oxygen atoms in total. The molecule has 146 valence electrons. The topological polar surface area (TPSA) is 132 Å². The van der Waals surface area contributed by atoms with Gasteiger partial charge >= 0.3 is 0 Å². The lowest BCUT2D eigenvalue weighted by atomic mass is 10.1. The molecule has 0 radical (unpaired) electrons. The fourth-order valence-electron chi connectivity index (χ4n) is 2.99. The highest BCUT2D eigenvalue weighted by molar-refractivity contribution is 6.01. The normalized spacial score (nSPS) is 14.9. The molecule has 1 atom stereocenters. The zero-order chi connectivity index (χ0) is 20.5. The number of carbonyl (C=O) groups is 2. The maximum absolute atomic E-state index is 12.4. The third kappa shape index (κ3) is 3.68. The van der Waals surface area contributed by atoms with E-state index < -0.39 is 16.9 Å². The van der Waals surface area contributed by atoms with Gasteiger partial charge in [-0.1, -0.05) is 29.8 Å². The summed E-state index contributed by atoms with van der Waals surface area (Å²) < 4.78 is 1.41. The van der Waals surface area contributed by atoms with Gasteiger partial charge in [0.05, 0.1) is 11.3 Å². The number of rotatable bonds is 5. The minimum Gasteiger partial charge on any atom is -0.326 e. The Hall–Kier alpha value is -4.08. The van der Waals surface area contributed by atoms with Crippen LogP contribution in [0.1, 0.15) is 18.0 Å². The molecular weight excluding hydrogens is 376 g/mol. The third-order valence-corrected chi connectivity index (χ3v) is 4.51. The summed E-state index contributed by atoms with van der Waals surface area (Å²) in [5, 5.41) is 20.3. The van der Waals surface area contributed by atoms with Gasteiger partial charge in [-0.15, -0.1) is 5.10 Å². The van der Waals surface area contributed by atoms with Crippen molar-refractivity contribution >= 4 is 29.1 Å². The largest absolute Gasteiger partial charge is 0.326 e.